The molecule has 0 unspecified atom stereocenters. The van der Waals surface area contributed by atoms with Crippen molar-refractivity contribution in [3.05, 3.63) is 86.1 Å². The number of hydrogen-bond donors (Lipinski definition) is 2. The lowest BCUT2D eigenvalue weighted by atomic mass is 9.96. The van der Waals surface area contributed by atoms with Crippen LogP contribution < -0.4 is 15.6 Å². The molecule has 5 rings (SSSR count). The van der Waals surface area contributed by atoms with Crippen molar-refractivity contribution in [1.82, 2.24) is 15.3 Å². The van der Waals surface area contributed by atoms with Crippen LogP contribution in [0.4, 0.5) is 0 Å². The summed E-state index contributed by atoms with van der Waals surface area (Å²) in [5.74, 6) is 0.846. The van der Waals surface area contributed by atoms with E-state index in [0.717, 1.165) is 40.2 Å². The molecule has 0 saturated carbocycles. The Morgan fingerprint density at radius 1 is 1.10 bits per heavy atom. The highest BCUT2D eigenvalue weighted by Gasteiger charge is 2.14. The summed E-state index contributed by atoms with van der Waals surface area (Å²) in [6, 6.07) is 14.5. The highest BCUT2D eigenvalue weighted by molar-refractivity contribution is 7.09. The zero-order chi connectivity index (χ0) is 19.8. The maximum absolute atomic E-state index is 12.4. The molecule has 5 nitrogen and oxygen atoms in total. The molecular formula is C23H19N3O2S. The molecule has 0 fully saturated rings. The number of ether oxygens (including phenoxy) is 1. The van der Waals surface area contributed by atoms with Gasteiger partial charge in [0.05, 0.1) is 18.1 Å². The van der Waals surface area contributed by atoms with Crippen LogP contribution in [0.2, 0.25) is 0 Å². The first-order chi connectivity index (χ1) is 14.2. The monoisotopic (exact) mass is 401 g/mol. The van der Waals surface area contributed by atoms with Crippen molar-refractivity contribution in [2.45, 2.75) is 13.0 Å². The third-order valence-electron chi connectivity index (χ3n) is 5.17. The van der Waals surface area contributed by atoms with E-state index in [9.17, 15) is 4.79 Å². The first-order valence-corrected chi connectivity index (χ1v) is 10.3. The molecule has 1 aliphatic heterocycles. The molecule has 144 valence electrons. The van der Waals surface area contributed by atoms with Crippen molar-refractivity contribution in [2.24, 2.45) is 0 Å². The van der Waals surface area contributed by atoms with Crippen LogP contribution in [-0.4, -0.2) is 17.1 Å². The molecule has 1 aliphatic rings. The zero-order valence-electron chi connectivity index (χ0n) is 15.9. The summed E-state index contributed by atoms with van der Waals surface area (Å²) in [7, 11) is 1.67. The molecule has 29 heavy (non-hydrogen) atoms. The van der Waals surface area contributed by atoms with Gasteiger partial charge in [-0.15, -0.1) is 11.3 Å². The maximum Gasteiger partial charge on any atom is 0.270 e. The van der Waals surface area contributed by atoms with Crippen LogP contribution in [0.25, 0.3) is 28.2 Å². The number of benzene rings is 2. The molecule has 2 N–H and O–H groups in total. The molecule has 0 spiro atoms. The lowest BCUT2D eigenvalue weighted by molar-refractivity contribution is 0.415. The fourth-order valence-corrected chi connectivity index (χ4v) is 4.27. The maximum atomic E-state index is 12.4. The smallest absolute Gasteiger partial charge is 0.270 e. The summed E-state index contributed by atoms with van der Waals surface area (Å²) in [5, 5.41) is 7.28. The van der Waals surface area contributed by atoms with E-state index in [4.69, 9.17) is 4.74 Å². The van der Waals surface area contributed by atoms with Crippen molar-refractivity contribution in [3.63, 3.8) is 0 Å². The van der Waals surface area contributed by atoms with Crippen molar-refractivity contribution < 1.29 is 4.74 Å². The van der Waals surface area contributed by atoms with E-state index in [1.165, 1.54) is 22.5 Å². The van der Waals surface area contributed by atoms with E-state index in [1.807, 2.05) is 22.9 Å². The van der Waals surface area contributed by atoms with Gasteiger partial charge in [0.25, 0.3) is 5.56 Å². The van der Waals surface area contributed by atoms with Crippen LogP contribution in [0, 0.1) is 0 Å². The van der Waals surface area contributed by atoms with Crippen molar-refractivity contribution in [3.8, 4) is 16.9 Å². The van der Waals surface area contributed by atoms with Gasteiger partial charge in [0, 0.05) is 29.4 Å². The number of rotatable bonds is 4. The Kier molecular flexibility index (Phi) is 4.41. The van der Waals surface area contributed by atoms with Crippen LogP contribution in [-0.2, 0) is 13.0 Å². The van der Waals surface area contributed by atoms with Crippen LogP contribution >= 0.6 is 11.3 Å². The summed E-state index contributed by atoms with van der Waals surface area (Å²) in [4.78, 5) is 19.8. The average Bonchev–Trinajstić information content (AvgIpc) is 3.20. The SMILES string of the molecule is COc1ccc(-c2ccc3c(c2)C=C(Cc2nc4cscc4[nH]c2=O)NC3)cc1. The van der Waals surface area contributed by atoms with Crippen LogP contribution in [0.5, 0.6) is 5.75 Å². The van der Waals surface area contributed by atoms with E-state index >= 15 is 0 Å². The standard InChI is InChI=1S/C23H19N3O2S/c1-28-19-6-4-14(5-7-19)15-2-3-16-11-24-18(9-17(16)8-15)10-20-23(27)26-22-13-29-12-21(22)25-20/h2-9,12-13,24H,10-11H2,1H3,(H,26,27). The van der Waals surface area contributed by atoms with Gasteiger partial charge in [-0.3, -0.25) is 4.79 Å². The number of thiophene rings is 1. The molecule has 3 heterocycles. The van der Waals surface area contributed by atoms with Gasteiger partial charge in [-0.05, 0) is 46.5 Å². The zero-order valence-corrected chi connectivity index (χ0v) is 16.7. The number of hydrogen-bond acceptors (Lipinski definition) is 5. The van der Waals surface area contributed by atoms with Gasteiger partial charge in [0.1, 0.15) is 11.4 Å². The summed E-state index contributed by atoms with van der Waals surface area (Å²) in [6.07, 6.45) is 2.60. The van der Waals surface area contributed by atoms with E-state index in [1.54, 1.807) is 7.11 Å². The van der Waals surface area contributed by atoms with Gasteiger partial charge >= 0.3 is 0 Å². The summed E-state index contributed by atoms with van der Waals surface area (Å²) >= 11 is 1.54. The molecule has 0 bridgehead atoms. The van der Waals surface area contributed by atoms with Gasteiger partial charge in [-0.2, -0.15) is 0 Å². The summed E-state index contributed by atoms with van der Waals surface area (Å²) < 4.78 is 5.25. The van der Waals surface area contributed by atoms with Crippen LogP contribution in [0.3, 0.4) is 0 Å². The second-order valence-electron chi connectivity index (χ2n) is 7.03. The van der Waals surface area contributed by atoms with Crippen LogP contribution in [0.15, 0.2) is 63.7 Å². The van der Waals surface area contributed by atoms with Gasteiger partial charge in [0.15, 0.2) is 0 Å². The largest absolute Gasteiger partial charge is 0.497 e. The number of aromatic nitrogens is 2. The van der Waals surface area contributed by atoms with Crippen molar-refractivity contribution >= 4 is 28.4 Å². The van der Waals surface area contributed by atoms with Gasteiger partial charge in [-0.25, -0.2) is 4.98 Å². The average molecular weight is 401 g/mol. The quantitative estimate of drug-likeness (QED) is 0.534. The van der Waals surface area contributed by atoms with Gasteiger partial charge in [0.2, 0.25) is 0 Å². The first-order valence-electron chi connectivity index (χ1n) is 9.36. The predicted molar refractivity (Wildman–Crippen MR) is 117 cm³/mol. The van der Waals surface area contributed by atoms with E-state index in [-0.39, 0.29) is 5.56 Å². The van der Waals surface area contributed by atoms with Gasteiger partial charge < -0.3 is 15.0 Å². The van der Waals surface area contributed by atoms with Crippen molar-refractivity contribution in [1.29, 1.82) is 0 Å². The first kappa shape index (κ1) is 17.7. The molecular weight excluding hydrogens is 382 g/mol. The Labute approximate surface area is 171 Å². The molecule has 2 aromatic heterocycles. The second kappa shape index (κ2) is 7.22. The third kappa shape index (κ3) is 3.43. The summed E-state index contributed by atoms with van der Waals surface area (Å²) in [6.45, 7) is 0.739. The molecule has 0 radical (unpaired) electrons. The summed E-state index contributed by atoms with van der Waals surface area (Å²) in [5.41, 5.74) is 7.73. The molecule has 2 aromatic carbocycles. The number of fused-ring (bicyclic) bond motifs is 2. The van der Waals surface area contributed by atoms with E-state index in [0.29, 0.717) is 12.1 Å². The Hall–Kier alpha value is -3.38. The minimum atomic E-state index is -0.128. The Morgan fingerprint density at radius 2 is 1.93 bits per heavy atom. The molecule has 4 aromatic rings. The normalized spacial score (nSPS) is 12.9. The van der Waals surface area contributed by atoms with E-state index < -0.39 is 0 Å². The number of allylic oxidation sites excluding steroid dienone is 1. The third-order valence-corrected chi connectivity index (χ3v) is 5.90. The Bertz CT molecular complexity index is 1290. The molecule has 0 amide bonds. The fraction of sp³-hybridized carbons (Fsp3) is 0.130. The highest BCUT2D eigenvalue weighted by atomic mass is 32.1. The highest BCUT2D eigenvalue weighted by Crippen LogP contribution is 2.28. The topological polar surface area (TPSA) is 67.0 Å². The van der Waals surface area contributed by atoms with Gasteiger partial charge in [-0.1, -0.05) is 24.3 Å². The molecule has 0 saturated heterocycles. The Balaban J connectivity index is 1.46. The molecule has 6 heteroatoms. The van der Waals surface area contributed by atoms with E-state index in [2.05, 4.69) is 51.7 Å². The molecule has 0 atom stereocenters. The predicted octanol–water partition coefficient (Wildman–Crippen LogP) is 4.35. The minimum Gasteiger partial charge on any atom is -0.497 e. The Morgan fingerprint density at radius 3 is 2.76 bits per heavy atom. The number of methoxy groups -OCH3 is 1. The second-order valence-corrected chi connectivity index (χ2v) is 7.77. The minimum absolute atomic E-state index is 0.128. The van der Waals surface area contributed by atoms with Crippen LogP contribution in [0.1, 0.15) is 16.8 Å². The van der Waals surface area contributed by atoms with Crippen molar-refractivity contribution in [2.75, 3.05) is 7.11 Å². The number of aromatic amines is 1. The molecule has 0 aliphatic carbocycles. The number of nitrogens with one attached hydrogen (secondary N) is 2. The number of H-pyrrole nitrogens is 1. The lowest BCUT2D eigenvalue weighted by Crippen LogP contribution is -2.23. The fourth-order valence-electron chi connectivity index (χ4n) is 3.58. The lowest BCUT2D eigenvalue weighted by Gasteiger charge is -2.19. The number of nitrogens with zero attached hydrogens (tertiary/aromatic N) is 1.